The molecule has 5 nitrogen and oxygen atoms in total. The van der Waals surface area contributed by atoms with Crippen LogP contribution in [-0.4, -0.2) is 27.6 Å². The van der Waals surface area contributed by atoms with Crippen LogP contribution in [0.5, 0.6) is 0 Å². The molecule has 0 amide bonds. The molecule has 1 aromatic heterocycles. The average Bonchev–Trinajstić information content (AvgIpc) is 2.39. The molecule has 0 atom stereocenters. The molecule has 0 bridgehead atoms. The van der Waals surface area contributed by atoms with Gasteiger partial charge in [-0.1, -0.05) is 12.1 Å². The lowest BCUT2D eigenvalue weighted by Crippen LogP contribution is -2.07. The Morgan fingerprint density at radius 2 is 2.21 bits per heavy atom. The van der Waals surface area contributed by atoms with Crippen LogP contribution in [-0.2, 0) is 6.42 Å². The van der Waals surface area contributed by atoms with Crippen molar-refractivity contribution in [2.45, 2.75) is 13.3 Å². The van der Waals surface area contributed by atoms with Gasteiger partial charge in [-0.3, -0.25) is 0 Å². The number of aromatic carboxylic acids is 1. The molecule has 0 aliphatic heterocycles. The van der Waals surface area contributed by atoms with E-state index in [4.69, 9.17) is 5.11 Å². The van der Waals surface area contributed by atoms with E-state index >= 15 is 0 Å². The fraction of sp³-hybridized carbons (Fsp3) is 0.214. The monoisotopic (exact) mass is 257 g/mol. The molecule has 2 N–H and O–H groups in total. The lowest BCUT2D eigenvalue weighted by molar-refractivity contribution is 0.0697. The number of aromatic nitrogens is 2. The van der Waals surface area contributed by atoms with Crippen molar-refractivity contribution in [3.8, 4) is 0 Å². The standard InChI is InChI=1S/C14H15N3O2/c1-10-15-8-6-13(17-10)16-7-5-11-3-2-4-12(9-11)14(18)19/h2-4,6,8-9H,5,7H2,1H3,(H,18,19)(H,15,16,17). The second-order valence-electron chi connectivity index (χ2n) is 4.17. The number of rotatable bonds is 5. The first-order valence-electron chi connectivity index (χ1n) is 6.01. The fourth-order valence-electron chi connectivity index (χ4n) is 1.75. The first-order chi connectivity index (χ1) is 9.15. The highest BCUT2D eigenvalue weighted by Crippen LogP contribution is 2.07. The molecule has 1 aromatic carbocycles. The summed E-state index contributed by atoms with van der Waals surface area (Å²) in [4.78, 5) is 19.1. The number of benzene rings is 1. The number of aryl methyl sites for hydroxylation is 1. The maximum absolute atomic E-state index is 10.9. The number of carboxylic acid groups (broad SMARTS) is 1. The average molecular weight is 257 g/mol. The lowest BCUT2D eigenvalue weighted by Gasteiger charge is -2.06. The highest BCUT2D eigenvalue weighted by molar-refractivity contribution is 5.87. The zero-order chi connectivity index (χ0) is 13.7. The molecule has 19 heavy (non-hydrogen) atoms. The van der Waals surface area contributed by atoms with Crippen LogP contribution >= 0.6 is 0 Å². The SMILES string of the molecule is Cc1nccc(NCCc2cccc(C(=O)O)c2)n1. The minimum atomic E-state index is -0.902. The van der Waals surface area contributed by atoms with Crippen molar-refractivity contribution < 1.29 is 9.90 Å². The second-order valence-corrected chi connectivity index (χ2v) is 4.17. The molecule has 0 radical (unpaired) electrons. The van der Waals surface area contributed by atoms with Crippen LogP contribution in [0.4, 0.5) is 5.82 Å². The van der Waals surface area contributed by atoms with Gasteiger partial charge < -0.3 is 10.4 Å². The maximum atomic E-state index is 10.9. The minimum Gasteiger partial charge on any atom is -0.478 e. The van der Waals surface area contributed by atoms with Gasteiger partial charge in [0, 0.05) is 12.7 Å². The quantitative estimate of drug-likeness (QED) is 0.858. The van der Waals surface area contributed by atoms with Gasteiger partial charge in [0.15, 0.2) is 0 Å². The molecule has 0 saturated heterocycles. The molecule has 0 fully saturated rings. The van der Waals surface area contributed by atoms with Crippen LogP contribution in [0.3, 0.4) is 0 Å². The van der Waals surface area contributed by atoms with E-state index in [1.165, 1.54) is 0 Å². The van der Waals surface area contributed by atoms with Gasteiger partial charge in [0.1, 0.15) is 11.6 Å². The third-order valence-electron chi connectivity index (χ3n) is 2.67. The van der Waals surface area contributed by atoms with E-state index in [1.54, 1.807) is 30.5 Å². The van der Waals surface area contributed by atoms with E-state index in [1.807, 2.05) is 13.0 Å². The Kier molecular flexibility index (Phi) is 4.07. The maximum Gasteiger partial charge on any atom is 0.335 e. The number of carboxylic acids is 1. The Balaban J connectivity index is 1.92. The van der Waals surface area contributed by atoms with Gasteiger partial charge in [-0.05, 0) is 37.1 Å². The number of carbonyl (C=O) groups is 1. The first kappa shape index (κ1) is 13.0. The zero-order valence-electron chi connectivity index (χ0n) is 10.6. The molecule has 0 unspecified atom stereocenters. The summed E-state index contributed by atoms with van der Waals surface area (Å²) in [6, 6.07) is 8.76. The molecular formula is C14H15N3O2. The van der Waals surface area contributed by atoms with Gasteiger partial charge >= 0.3 is 5.97 Å². The predicted molar refractivity (Wildman–Crippen MR) is 72.4 cm³/mol. The molecule has 2 rings (SSSR count). The van der Waals surface area contributed by atoms with Crippen LogP contribution in [0.1, 0.15) is 21.7 Å². The van der Waals surface area contributed by atoms with E-state index in [9.17, 15) is 4.79 Å². The van der Waals surface area contributed by atoms with Gasteiger partial charge in [0.25, 0.3) is 0 Å². The highest BCUT2D eigenvalue weighted by atomic mass is 16.4. The number of nitrogens with zero attached hydrogens (tertiary/aromatic N) is 2. The fourth-order valence-corrected chi connectivity index (χ4v) is 1.75. The Morgan fingerprint density at radius 1 is 1.37 bits per heavy atom. The van der Waals surface area contributed by atoms with Crippen molar-refractivity contribution in [3.05, 3.63) is 53.5 Å². The molecule has 1 heterocycles. The molecule has 2 aromatic rings. The summed E-state index contributed by atoms with van der Waals surface area (Å²) < 4.78 is 0. The third-order valence-corrected chi connectivity index (χ3v) is 2.67. The third kappa shape index (κ3) is 3.77. The summed E-state index contributed by atoms with van der Waals surface area (Å²) in [5, 5.41) is 12.1. The Hall–Kier alpha value is -2.43. The molecule has 0 spiro atoms. The van der Waals surface area contributed by atoms with E-state index in [2.05, 4.69) is 15.3 Å². The molecule has 0 saturated carbocycles. The van der Waals surface area contributed by atoms with Crippen molar-refractivity contribution in [3.63, 3.8) is 0 Å². The van der Waals surface area contributed by atoms with Crippen molar-refractivity contribution in [1.29, 1.82) is 0 Å². The minimum absolute atomic E-state index is 0.315. The molecule has 0 aliphatic carbocycles. The zero-order valence-corrected chi connectivity index (χ0v) is 10.6. The molecular weight excluding hydrogens is 242 g/mol. The molecule has 5 heteroatoms. The highest BCUT2D eigenvalue weighted by Gasteiger charge is 2.03. The van der Waals surface area contributed by atoms with Gasteiger partial charge in [-0.2, -0.15) is 0 Å². The second kappa shape index (κ2) is 5.95. The van der Waals surface area contributed by atoms with Crippen LogP contribution < -0.4 is 5.32 Å². The van der Waals surface area contributed by atoms with Crippen LogP contribution in [0, 0.1) is 6.92 Å². The lowest BCUT2D eigenvalue weighted by atomic mass is 10.1. The summed E-state index contributed by atoms with van der Waals surface area (Å²) in [6.07, 6.45) is 2.44. The van der Waals surface area contributed by atoms with Gasteiger partial charge in [-0.15, -0.1) is 0 Å². The van der Waals surface area contributed by atoms with Gasteiger partial charge in [0.2, 0.25) is 0 Å². The van der Waals surface area contributed by atoms with Crippen LogP contribution in [0.2, 0.25) is 0 Å². The largest absolute Gasteiger partial charge is 0.478 e. The number of anilines is 1. The van der Waals surface area contributed by atoms with Crippen LogP contribution in [0.25, 0.3) is 0 Å². The Morgan fingerprint density at radius 3 is 2.95 bits per heavy atom. The normalized spacial score (nSPS) is 10.2. The van der Waals surface area contributed by atoms with E-state index in [0.29, 0.717) is 12.1 Å². The Bertz CT molecular complexity index is 584. The van der Waals surface area contributed by atoms with Crippen molar-refractivity contribution >= 4 is 11.8 Å². The molecule has 98 valence electrons. The summed E-state index contributed by atoms with van der Waals surface area (Å²) >= 11 is 0. The smallest absolute Gasteiger partial charge is 0.335 e. The Labute approximate surface area is 111 Å². The number of nitrogens with one attached hydrogen (secondary N) is 1. The van der Waals surface area contributed by atoms with Gasteiger partial charge in [-0.25, -0.2) is 14.8 Å². The summed E-state index contributed by atoms with van der Waals surface area (Å²) in [5.41, 5.74) is 1.30. The number of hydrogen-bond donors (Lipinski definition) is 2. The summed E-state index contributed by atoms with van der Waals surface area (Å²) in [6.45, 7) is 2.53. The van der Waals surface area contributed by atoms with E-state index < -0.39 is 5.97 Å². The van der Waals surface area contributed by atoms with Gasteiger partial charge in [0.05, 0.1) is 5.56 Å². The first-order valence-corrected chi connectivity index (χ1v) is 6.01. The number of hydrogen-bond acceptors (Lipinski definition) is 4. The van der Waals surface area contributed by atoms with Crippen molar-refractivity contribution in [2.24, 2.45) is 0 Å². The van der Waals surface area contributed by atoms with E-state index in [0.717, 1.165) is 23.6 Å². The van der Waals surface area contributed by atoms with E-state index in [-0.39, 0.29) is 0 Å². The van der Waals surface area contributed by atoms with Crippen LogP contribution in [0.15, 0.2) is 36.5 Å². The topological polar surface area (TPSA) is 75.1 Å². The summed E-state index contributed by atoms with van der Waals surface area (Å²) in [7, 11) is 0. The predicted octanol–water partition coefficient (Wildman–Crippen LogP) is 2.14. The van der Waals surface area contributed by atoms with Crippen molar-refractivity contribution in [2.75, 3.05) is 11.9 Å². The van der Waals surface area contributed by atoms with Crippen molar-refractivity contribution in [1.82, 2.24) is 9.97 Å². The summed E-state index contributed by atoms with van der Waals surface area (Å²) in [5.74, 6) is 0.598. The molecule has 0 aliphatic rings.